The Morgan fingerprint density at radius 3 is 3.11 bits per heavy atom. The van der Waals surface area contributed by atoms with Gasteiger partial charge in [0.25, 0.3) is 4.96 Å². The lowest BCUT2D eigenvalue weighted by Gasteiger charge is -2.00. The van der Waals surface area contributed by atoms with Crippen molar-refractivity contribution in [1.82, 2.24) is 19.2 Å². The van der Waals surface area contributed by atoms with Gasteiger partial charge in [-0.15, -0.1) is 0 Å². The van der Waals surface area contributed by atoms with Crippen molar-refractivity contribution in [3.8, 4) is 0 Å². The molecule has 0 bridgehead atoms. The van der Waals surface area contributed by atoms with E-state index in [9.17, 15) is 10.1 Å². The van der Waals surface area contributed by atoms with Crippen LogP contribution in [0.5, 0.6) is 0 Å². The number of hydrogen-bond acceptors (Lipinski definition) is 6. The van der Waals surface area contributed by atoms with Gasteiger partial charge in [0.2, 0.25) is 5.82 Å². The number of fused-ring (bicyclic) bond motifs is 1. The summed E-state index contributed by atoms with van der Waals surface area (Å²) in [5.74, 6) is 0.237. The molecule has 0 aromatic carbocycles. The zero-order chi connectivity index (χ0) is 13.4. The summed E-state index contributed by atoms with van der Waals surface area (Å²) < 4.78 is 3.15. The zero-order valence-electron chi connectivity index (χ0n) is 9.98. The van der Waals surface area contributed by atoms with Crippen molar-refractivity contribution in [1.29, 1.82) is 0 Å². The van der Waals surface area contributed by atoms with Crippen LogP contribution in [0, 0.1) is 10.1 Å². The summed E-state index contributed by atoms with van der Waals surface area (Å²) in [7, 11) is 1.82. The smallest absolute Gasteiger partial charge is 0.359 e. The average Bonchev–Trinajstić information content (AvgIpc) is 3.00. The Bertz CT molecular complexity index is 742. The number of thiazole rings is 1. The zero-order valence-corrected chi connectivity index (χ0v) is 10.8. The summed E-state index contributed by atoms with van der Waals surface area (Å²) in [4.78, 5) is 15.5. The number of anilines is 1. The minimum atomic E-state index is -0.432. The average molecular weight is 278 g/mol. The second-order valence-electron chi connectivity index (χ2n) is 3.97. The number of nitrogens with zero attached hydrogens (tertiary/aromatic N) is 5. The van der Waals surface area contributed by atoms with E-state index in [0.717, 1.165) is 5.56 Å². The molecule has 1 N–H and O–H groups in total. The van der Waals surface area contributed by atoms with Gasteiger partial charge in [-0.2, -0.15) is 14.5 Å². The predicted octanol–water partition coefficient (Wildman–Crippen LogP) is 1.65. The first-order valence-electron chi connectivity index (χ1n) is 5.46. The van der Waals surface area contributed by atoms with Crippen molar-refractivity contribution >= 4 is 27.9 Å². The van der Waals surface area contributed by atoms with Crippen LogP contribution in [0.15, 0.2) is 24.0 Å². The Kier molecular flexibility index (Phi) is 2.67. The summed E-state index contributed by atoms with van der Waals surface area (Å²) in [6.07, 6.45) is 5.19. The second-order valence-corrected chi connectivity index (χ2v) is 4.85. The van der Waals surface area contributed by atoms with Crippen molar-refractivity contribution in [3.05, 3.63) is 39.6 Å². The van der Waals surface area contributed by atoms with Gasteiger partial charge < -0.3 is 15.4 Å². The first-order valence-corrected chi connectivity index (χ1v) is 6.34. The van der Waals surface area contributed by atoms with Gasteiger partial charge in [0, 0.05) is 30.7 Å². The van der Waals surface area contributed by atoms with E-state index in [0.29, 0.717) is 11.5 Å². The van der Waals surface area contributed by atoms with Gasteiger partial charge >= 0.3 is 5.82 Å². The van der Waals surface area contributed by atoms with Gasteiger partial charge in [0.1, 0.15) is 6.20 Å². The van der Waals surface area contributed by atoms with Crippen molar-refractivity contribution in [2.75, 3.05) is 5.32 Å². The van der Waals surface area contributed by atoms with Gasteiger partial charge in [-0.1, -0.05) is 11.3 Å². The molecule has 0 unspecified atom stereocenters. The fraction of sp³-hybridized carbons (Fsp3) is 0.200. The lowest BCUT2D eigenvalue weighted by molar-refractivity contribution is -0.389. The number of hydrogen-bond donors (Lipinski definition) is 1. The van der Waals surface area contributed by atoms with Crippen LogP contribution in [0.25, 0.3) is 4.96 Å². The topological polar surface area (TPSA) is 90.3 Å². The van der Waals surface area contributed by atoms with Crippen molar-refractivity contribution in [3.63, 3.8) is 0 Å². The summed E-state index contributed by atoms with van der Waals surface area (Å²) >= 11 is 1.36. The maximum absolute atomic E-state index is 11.1. The van der Waals surface area contributed by atoms with Crippen LogP contribution in [0.4, 0.5) is 11.6 Å². The van der Waals surface area contributed by atoms with E-state index in [1.54, 1.807) is 22.5 Å². The van der Waals surface area contributed by atoms with Crippen LogP contribution in [0.3, 0.4) is 0 Å². The Hall–Kier alpha value is -2.42. The first kappa shape index (κ1) is 11.7. The van der Waals surface area contributed by atoms with Crippen LogP contribution in [0.2, 0.25) is 0 Å². The first-order chi connectivity index (χ1) is 9.15. The molecule has 0 fully saturated rings. The molecule has 0 aliphatic heterocycles. The summed E-state index contributed by atoms with van der Waals surface area (Å²) in [5.41, 5.74) is 0.938. The number of nitrogens with one attached hydrogen (secondary N) is 1. The molecule has 0 aliphatic rings. The minimum Gasteiger partial charge on any atom is -0.359 e. The second kappa shape index (κ2) is 4.35. The van der Waals surface area contributed by atoms with Crippen LogP contribution in [0.1, 0.15) is 5.56 Å². The van der Waals surface area contributed by atoms with Crippen LogP contribution >= 0.6 is 11.3 Å². The van der Waals surface area contributed by atoms with E-state index in [1.807, 2.05) is 13.2 Å². The predicted molar refractivity (Wildman–Crippen MR) is 70.3 cm³/mol. The lowest BCUT2D eigenvalue weighted by Crippen LogP contribution is -2.02. The van der Waals surface area contributed by atoms with Gasteiger partial charge in [-0.05, 0) is 4.92 Å². The third kappa shape index (κ3) is 2.03. The Labute approximate surface area is 111 Å². The maximum atomic E-state index is 11.1. The molecule has 9 heteroatoms. The summed E-state index contributed by atoms with van der Waals surface area (Å²) in [6, 6.07) is 0. The number of rotatable bonds is 4. The molecule has 3 aromatic heterocycles. The lowest BCUT2D eigenvalue weighted by atomic mass is 10.3. The maximum Gasteiger partial charge on any atom is 0.372 e. The van der Waals surface area contributed by atoms with Gasteiger partial charge in [-0.3, -0.25) is 4.68 Å². The largest absolute Gasteiger partial charge is 0.372 e. The normalized spacial score (nSPS) is 11.0. The highest BCUT2D eigenvalue weighted by Crippen LogP contribution is 2.28. The fourth-order valence-electron chi connectivity index (χ4n) is 1.82. The van der Waals surface area contributed by atoms with Crippen molar-refractivity contribution in [2.24, 2.45) is 7.05 Å². The third-order valence-corrected chi connectivity index (χ3v) is 3.38. The molecular formula is C10H10N6O2S. The van der Waals surface area contributed by atoms with Crippen LogP contribution in [-0.2, 0) is 13.6 Å². The molecular weight excluding hydrogens is 268 g/mol. The fourth-order valence-corrected chi connectivity index (χ4v) is 2.52. The Balaban J connectivity index is 1.89. The molecule has 0 saturated heterocycles. The summed E-state index contributed by atoms with van der Waals surface area (Å²) in [6.45, 7) is 0.444. The Morgan fingerprint density at radius 2 is 2.42 bits per heavy atom. The number of aryl methyl sites for hydroxylation is 1. The SMILES string of the molecule is Cn1cc(CNc2nc3sccn3c2[N+](=O)[O-])cn1. The van der Waals surface area contributed by atoms with E-state index in [-0.39, 0.29) is 11.6 Å². The van der Waals surface area contributed by atoms with Gasteiger partial charge in [0.05, 0.1) is 6.20 Å². The standard InChI is InChI=1S/C10H10N6O2S/c1-14-6-7(5-12-14)4-11-8-9(16(17)18)15-2-3-19-10(15)13-8/h2-3,5-6,11H,4H2,1H3. The van der Waals surface area contributed by atoms with Gasteiger partial charge in [-0.25, -0.2) is 0 Å². The molecule has 0 saturated carbocycles. The number of aromatic nitrogens is 4. The van der Waals surface area contributed by atoms with E-state index < -0.39 is 4.92 Å². The number of nitro groups is 1. The van der Waals surface area contributed by atoms with E-state index >= 15 is 0 Å². The molecule has 3 heterocycles. The quantitative estimate of drug-likeness (QED) is 0.579. The Morgan fingerprint density at radius 1 is 1.58 bits per heavy atom. The molecule has 0 radical (unpaired) electrons. The molecule has 98 valence electrons. The van der Waals surface area contributed by atoms with Gasteiger partial charge in [0.15, 0.2) is 0 Å². The van der Waals surface area contributed by atoms with E-state index in [2.05, 4.69) is 15.4 Å². The molecule has 19 heavy (non-hydrogen) atoms. The molecule has 0 amide bonds. The number of imidazole rings is 1. The molecule has 0 aliphatic carbocycles. The van der Waals surface area contributed by atoms with Crippen molar-refractivity contribution < 1.29 is 4.92 Å². The monoisotopic (exact) mass is 278 g/mol. The highest BCUT2D eigenvalue weighted by atomic mass is 32.1. The molecule has 0 atom stereocenters. The molecule has 8 nitrogen and oxygen atoms in total. The van der Waals surface area contributed by atoms with E-state index in [1.165, 1.54) is 15.7 Å². The van der Waals surface area contributed by atoms with Crippen LogP contribution in [-0.4, -0.2) is 24.1 Å². The highest BCUT2D eigenvalue weighted by Gasteiger charge is 2.23. The summed E-state index contributed by atoms with van der Waals surface area (Å²) in [5, 5.41) is 19.9. The van der Waals surface area contributed by atoms with Crippen molar-refractivity contribution in [2.45, 2.75) is 6.54 Å². The molecule has 3 rings (SSSR count). The molecule has 3 aromatic rings. The molecule has 0 spiro atoms. The van der Waals surface area contributed by atoms with E-state index in [4.69, 9.17) is 0 Å². The highest BCUT2D eigenvalue weighted by molar-refractivity contribution is 7.15. The third-order valence-electron chi connectivity index (χ3n) is 2.63. The minimum absolute atomic E-state index is 0.0415. The van der Waals surface area contributed by atoms with Crippen LogP contribution < -0.4 is 5.32 Å².